The van der Waals surface area contributed by atoms with Crippen LogP contribution in [0.2, 0.25) is 0 Å². The van der Waals surface area contributed by atoms with Gasteiger partial charge in [-0.1, -0.05) is 0 Å². The van der Waals surface area contributed by atoms with Gasteiger partial charge in [0.15, 0.2) is 0 Å². The van der Waals surface area contributed by atoms with Crippen molar-refractivity contribution in [1.29, 1.82) is 0 Å². The standard InChI is InChI=1S/C16H23NO3/c1-8(9(2)16(19)20)15(18)17-14-12-4-10-3-11(6-12)7-13(14)5-10/h10-14H,3-7H2,1-2H3,(H,17,18)(H,19,20). The van der Waals surface area contributed by atoms with Crippen molar-refractivity contribution >= 4 is 11.9 Å². The first kappa shape index (κ1) is 13.7. The molecule has 0 aromatic carbocycles. The minimum atomic E-state index is -1.01. The molecule has 0 radical (unpaired) electrons. The fourth-order valence-corrected chi connectivity index (χ4v) is 4.75. The van der Waals surface area contributed by atoms with Gasteiger partial charge in [0.25, 0.3) is 0 Å². The van der Waals surface area contributed by atoms with E-state index in [1.54, 1.807) is 6.92 Å². The van der Waals surface area contributed by atoms with Crippen LogP contribution in [0.3, 0.4) is 0 Å². The van der Waals surface area contributed by atoms with Crippen LogP contribution in [0.1, 0.15) is 46.0 Å². The molecule has 0 saturated heterocycles. The Balaban J connectivity index is 1.71. The Hall–Kier alpha value is -1.32. The molecule has 4 aliphatic carbocycles. The Morgan fingerprint density at radius 2 is 1.40 bits per heavy atom. The maximum absolute atomic E-state index is 12.2. The molecule has 4 saturated carbocycles. The number of hydrogen-bond acceptors (Lipinski definition) is 2. The largest absolute Gasteiger partial charge is 0.478 e. The summed E-state index contributed by atoms with van der Waals surface area (Å²) < 4.78 is 0. The summed E-state index contributed by atoms with van der Waals surface area (Å²) >= 11 is 0. The van der Waals surface area contributed by atoms with Gasteiger partial charge in [-0.15, -0.1) is 0 Å². The molecule has 110 valence electrons. The van der Waals surface area contributed by atoms with Crippen LogP contribution in [0.25, 0.3) is 0 Å². The number of rotatable bonds is 3. The summed E-state index contributed by atoms with van der Waals surface area (Å²) in [7, 11) is 0. The maximum Gasteiger partial charge on any atom is 0.331 e. The third-order valence-electron chi connectivity index (χ3n) is 5.75. The van der Waals surface area contributed by atoms with Gasteiger partial charge in [-0.3, -0.25) is 4.79 Å². The molecule has 20 heavy (non-hydrogen) atoms. The van der Waals surface area contributed by atoms with Crippen LogP contribution >= 0.6 is 0 Å². The van der Waals surface area contributed by atoms with E-state index < -0.39 is 5.97 Å². The van der Waals surface area contributed by atoms with Gasteiger partial charge in [0, 0.05) is 17.2 Å². The summed E-state index contributed by atoms with van der Waals surface area (Å²) in [5, 5.41) is 12.1. The predicted molar refractivity (Wildman–Crippen MR) is 75.0 cm³/mol. The highest BCUT2D eigenvalue weighted by atomic mass is 16.4. The molecule has 4 aliphatic rings. The number of carbonyl (C=O) groups excluding carboxylic acids is 1. The highest BCUT2D eigenvalue weighted by molar-refractivity contribution is 6.01. The Morgan fingerprint density at radius 3 is 1.85 bits per heavy atom. The first-order valence-corrected chi connectivity index (χ1v) is 7.67. The van der Waals surface area contributed by atoms with Crippen LogP contribution < -0.4 is 5.32 Å². The molecule has 4 nitrogen and oxygen atoms in total. The topological polar surface area (TPSA) is 66.4 Å². The number of aliphatic carboxylic acids is 1. The summed E-state index contributed by atoms with van der Waals surface area (Å²) in [5.41, 5.74) is 0.484. The first-order valence-electron chi connectivity index (χ1n) is 7.67. The van der Waals surface area contributed by atoms with E-state index in [4.69, 9.17) is 5.11 Å². The number of carboxylic acids is 1. The van der Waals surface area contributed by atoms with E-state index in [9.17, 15) is 9.59 Å². The first-order chi connectivity index (χ1) is 9.45. The van der Waals surface area contributed by atoms with Crippen LogP contribution in [0, 0.1) is 23.7 Å². The van der Waals surface area contributed by atoms with E-state index in [-0.39, 0.29) is 17.5 Å². The minimum Gasteiger partial charge on any atom is -0.478 e. The van der Waals surface area contributed by atoms with Crippen LogP contribution in [0.15, 0.2) is 11.1 Å². The molecule has 0 spiro atoms. The lowest BCUT2D eigenvalue weighted by Gasteiger charge is -2.54. The van der Waals surface area contributed by atoms with Gasteiger partial charge in [0.2, 0.25) is 5.91 Å². The second-order valence-electron chi connectivity index (χ2n) is 6.99. The molecular weight excluding hydrogens is 254 g/mol. The number of amides is 1. The Morgan fingerprint density at radius 1 is 0.900 bits per heavy atom. The monoisotopic (exact) mass is 277 g/mol. The van der Waals surface area contributed by atoms with E-state index in [0.717, 1.165) is 11.8 Å². The Labute approximate surface area is 119 Å². The normalized spacial score (nSPS) is 39.4. The number of carboxylic acid groups (broad SMARTS) is 1. The van der Waals surface area contributed by atoms with Crippen LogP contribution in [-0.4, -0.2) is 23.0 Å². The fraction of sp³-hybridized carbons (Fsp3) is 0.750. The van der Waals surface area contributed by atoms with Gasteiger partial charge in [0.1, 0.15) is 0 Å². The molecule has 0 aromatic rings. The Bertz CT molecular complexity index is 452. The summed E-state index contributed by atoms with van der Waals surface area (Å²) in [4.78, 5) is 23.2. The van der Waals surface area contributed by atoms with Crippen LogP contribution in [-0.2, 0) is 9.59 Å². The van der Waals surface area contributed by atoms with Crippen LogP contribution in [0.4, 0.5) is 0 Å². The van der Waals surface area contributed by atoms with E-state index in [1.807, 2.05) is 0 Å². The SMILES string of the molecule is CC(C(=O)O)=C(C)C(=O)NC1C2CC3CC(C2)CC1C3. The molecule has 4 bridgehead atoms. The van der Waals surface area contributed by atoms with Gasteiger partial charge >= 0.3 is 5.97 Å². The fourth-order valence-electron chi connectivity index (χ4n) is 4.75. The average molecular weight is 277 g/mol. The van der Waals surface area contributed by atoms with Crippen molar-refractivity contribution in [2.45, 2.75) is 52.0 Å². The molecule has 0 aromatic heterocycles. The molecule has 0 heterocycles. The number of hydrogen-bond donors (Lipinski definition) is 2. The summed E-state index contributed by atoms with van der Waals surface area (Å²) in [6, 6.07) is 0.270. The number of nitrogens with one attached hydrogen (secondary N) is 1. The van der Waals surface area contributed by atoms with Crippen LogP contribution in [0.5, 0.6) is 0 Å². The van der Waals surface area contributed by atoms with Gasteiger partial charge in [-0.2, -0.15) is 0 Å². The summed E-state index contributed by atoms with van der Waals surface area (Å²) in [6.45, 7) is 3.10. The third-order valence-corrected chi connectivity index (χ3v) is 5.75. The van der Waals surface area contributed by atoms with Crippen molar-refractivity contribution in [3.63, 3.8) is 0 Å². The molecule has 1 amide bonds. The van der Waals surface area contributed by atoms with E-state index in [1.165, 1.54) is 39.0 Å². The van der Waals surface area contributed by atoms with Gasteiger partial charge in [0.05, 0.1) is 0 Å². The van der Waals surface area contributed by atoms with Gasteiger partial charge in [-0.05, 0) is 69.6 Å². The molecule has 0 aliphatic heterocycles. The molecule has 4 rings (SSSR count). The van der Waals surface area contributed by atoms with Gasteiger partial charge < -0.3 is 10.4 Å². The molecule has 4 fully saturated rings. The highest BCUT2D eigenvalue weighted by Crippen LogP contribution is 2.53. The van der Waals surface area contributed by atoms with Crippen molar-refractivity contribution < 1.29 is 14.7 Å². The van der Waals surface area contributed by atoms with Gasteiger partial charge in [-0.25, -0.2) is 4.79 Å². The van der Waals surface area contributed by atoms with E-state index in [2.05, 4.69) is 5.32 Å². The lowest BCUT2D eigenvalue weighted by atomic mass is 9.54. The molecule has 0 atom stereocenters. The van der Waals surface area contributed by atoms with Crippen molar-refractivity contribution in [3.05, 3.63) is 11.1 Å². The second kappa shape index (κ2) is 4.90. The zero-order valence-corrected chi connectivity index (χ0v) is 12.2. The van der Waals surface area contributed by atoms with E-state index >= 15 is 0 Å². The molecule has 4 heteroatoms. The van der Waals surface area contributed by atoms with Crippen molar-refractivity contribution in [2.24, 2.45) is 23.7 Å². The Kier molecular flexibility index (Phi) is 3.35. The summed E-state index contributed by atoms with van der Waals surface area (Å²) in [5.74, 6) is 1.79. The quantitative estimate of drug-likeness (QED) is 0.778. The predicted octanol–water partition coefficient (Wildman–Crippen LogP) is 2.35. The second-order valence-corrected chi connectivity index (χ2v) is 6.99. The molecular formula is C16H23NO3. The maximum atomic E-state index is 12.2. The average Bonchev–Trinajstić information content (AvgIpc) is 2.40. The summed E-state index contributed by atoms with van der Waals surface area (Å²) in [6.07, 6.45) is 6.39. The third kappa shape index (κ3) is 2.25. The van der Waals surface area contributed by atoms with Crippen molar-refractivity contribution in [1.82, 2.24) is 5.32 Å². The zero-order valence-electron chi connectivity index (χ0n) is 12.2. The van der Waals surface area contributed by atoms with Crippen molar-refractivity contribution in [2.75, 3.05) is 0 Å². The minimum absolute atomic E-state index is 0.145. The van der Waals surface area contributed by atoms with E-state index in [0.29, 0.717) is 17.4 Å². The molecule has 0 unspecified atom stereocenters. The number of carbonyl (C=O) groups is 2. The smallest absolute Gasteiger partial charge is 0.331 e. The lowest BCUT2D eigenvalue weighted by molar-refractivity contribution is -0.133. The molecule has 2 N–H and O–H groups in total. The lowest BCUT2D eigenvalue weighted by Crippen LogP contribution is -2.56. The zero-order chi connectivity index (χ0) is 14.4. The van der Waals surface area contributed by atoms with Crippen molar-refractivity contribution in [3.8, 4) is 0 Å². The highest BCUT2D eigenvalue weighted by Gasteiger charge is 2.48.